The van der Waals surface area contributed by atoms with Gasteiger partial charge in [0.25, 0.3) is 0 Å². The van der Waals surface area contributed by atoms with Gasteiger partial charge in [0.15, 0.2) is 6.29 Å². The fourth-order valence-electron chi connectivity index (χ4n) is 3.54. The fraction of sp³-hybridized carbons (Fsp3) is 0.750. The summed E-state index contributed by atoms with van der Waals surface area (Å²) in [5.41, 5.74) is 4.62. The average Bonchev–Trinajstić information content (AvgIpc) is 3.17. The Morgan fingerprint density at radius 3 is 2.43 bits per heavy atom. The van der Waals surface area contributed by atoms with Crippen molar-refractivity contribution in [2.75, 3.05) is 18.9 Å². The second-order valence-corrected chi connectivity index (χ2v) is 11.1. The highest BCUT2D eigenvalue weighted by atomic mass is 31.3. The van der Waals surface area contributed by atoms with Crippen LogP contribution in [0.4, 0.5) is 5.82 Å². The van der Waals surface area contributed by atoms with E-state index in [1.165, 1.54) is 12.3 Å². The van der Waals surface area contributed by atoms with E-state index in [0.717, 1.165) is 4.57 Å². The molecule has 3 rings (SSSR count). The average molecular weight is 579 g/mol. The summed E-state index contributed by atoms with van der Waals surface area (Å²) in [6.07, 6.45) is -14.6. The van der Waals surface area contributed by atoms with E-state index < -0.39 is 89.8 Å². The zero-order valence-electron chi connectivity index (χ0n) is 18.7. The van der Waals surface area contributed by atoms with E-state index in [-0.39, 0.29) is 12.2 Å². The van der Waals surface area contributed by atoms with Crippen LogP contribution < -0.4 is 11.4 Å². The van der Waals surface area contributed by atoms with Gasteiger partial charge >= 0.3 is 21.3 Å². The number of aliphatic hydroxyl groups excluding tert-OH is 6. The molecule has 212 valence electrons. The van der Waals surface area contributed by atoms with Gasteiger partial charge in [0.1, 0.15) is 48.7 Å². The molecule has 37 heavy (non-hydrogen) atoms. The lowest BCUT2D eigenvalue weighted by molar-refractivity contribution is -0.292. The van der Waals surface area contributed by atoms with Gasteiger partial charge in [-0.15, -0.1) is 0 Å². The van der Waals surface area contributed by atoms with Crippen LogP contribution in [0.3, 0.4) is 0 Å². The first-order valence-electron chi connectivity index (χ1n) is 10.5. The Bertz CT molecular complexity index is 1090. The fourth-order valence-corrected chi connectivity index (χ4v) is 5.69. The predicted molar refractivity (Wildman–Crippen MR) is 115 cm³/mol. The molecule has 0 radical (unpaired) electrons. The second-order valence-electron chi connectivity index (χ2n) is 8.09. The first-order valence-corrected chi connectivity index (χ1v) is 13.5. The van der Waals surface area contributed by atoms with Gasteiger partial charge in [-0.25, -0.2) is 13.9 Å². The van der Waals surface area contributed by atoms with E-state index in [0.29, 0.717) is 0 Å². The molecule has 1 aromatic rings. The molecular formula is C16H27N3O16P2. The SMILES string of the molecule is Nc1ccn([C@H]2C[C@H](O)[C@@H](COP(=O)(O)OP(=O)(O)OC3OC([C@@H](O)CO)C(O)C(O)C3O)O2)c(=O)n1. The third-order valence-electron chi connectivity index (χ3n) is 5.38. The van der Waals surface area contributed by atoms with Crippen molar-refractivity contribution < 1.29 is 72.4 Å². The lowest BCUT2D eigenvalue weighted by Crippen LogP contribution is -2.61. The van der Waals surface area contributed by atoms with E-state index in [9.17, 15) is 49.2 Å². The van der Waals surface area contributed by atoms with Gasteiger partial charge in [-0.1, -0.05) is 0 Å². The number of nitrogens with zero attached hydrogens (tertiary/aromatic N) is 2. The molecule has 0 bridgehead atoms. The van der Waals surface area contributed by atoms with Gasteiger partial charge in [0, 0.05) is 12.6 Å². The molecule has 2 saturated heterocycles. The predicted octanol–water partition coefficient (Wildman–Crippen LogP) is -4.11. The number of hydrogen-bond acceptors (Lipinski definition) is 16. The Labute approximate surface area is 207 Å². The third kappa shape index (κ3) is 7.39. The maximum atomic E-state index is 12.3. The highest BCUT2D eigenvalue weighted by Gasteiger charge is 2.50. The molecule has 2 aliphatic heterocycles. The number of aliphatic hydroxyl groups is 6. The quantitative estimate of drug-likeness (QED) is 0.119. The van der Waals surface area contributed by atoms with Gasteiger partial charge in [-0.05, 0) is 6.07 Å². The molecule has 0 spiro atoms. The van der Waals surface area contributed by atoms with Crippen molar-refractivity contribution in [2.45, 2.75) is 61.7 Å². The smallest absolute Gasteiger partial charge is 0.394 e. The van der Waals surface area contributed by atoms with E-state index in [1.54, 1.807) is 0 Å². The number of nitrogen functional groups attached to an aromatic ring is 1. The summed E-state index contributed by atoms with van der Waals surface area (Å²) in [4.78, 5) is 35.1. The molecule has 1 aromatic heterocycles. The zero-order valence-corrected chi connectivity index (χ0v) is 20.5. The van der Waals surface area contributed by atoms with E-state index >= 15 is 0 Å². The van der Waals surface area contributed by atoms with Crippen molar-refractivity contribution in [3.63, 3.8) is 0 Å². The molecule has 0 amide bonds. The number of rotatable bonds is 10. The van der Waals surface area contributed by atoms with Gasteiger partial charge < -0.3 is 55.6 Å². The van der Waals surface area contributed by atoms with Crippen LogP contribution >= 0.6 is 15.6 Å². The zero-order chi connectivity index (χ0) is 27.7. The van der Waals surface area contributed by atoms with Crippen LogP contribution in [0.15, 0.2) is 17.1 Å². The Hall–Kier alpha value is -1.38. The minimum atomic E-state index is -5.61. The van der Waals surface area contributed by atoms with Crippen molar-refractivity contribution in [3.8, 4) is 0 Å². The van der Waals surface area contributed by atoms with Crippen LogP contribution in [0.1, 0.15) is 12.6 Å². The van der Waals surface area contributed by atoms with Crippen LogP contribution in [0.5, 0.6) is 0 Å². The maximum absolute atomic E-state index is 12.3. The van der Waals surface area contributed by atoms with Gasteiger partial charge in [0.2, 0.25) is 0 Å². The highest BCUT2D eigenvalue weighted by Crippen LogP contribution is 2.61. The topological polar surface area (TPSA) is 303 Å². The van der Waals surface area contributed by atoms with Crippen molar-refractivity contribution in [1.29, 1.82) is 0 Å². The molecule has 2 aliphatic rings. The third-order valence-corrected chi connectivity index (χ3v) is 7.98. The Morgan fingerprint density at radius 1 is 1.14 bits per heavy atom. The summed E-state index contributed by atoms with van der Waals surface area (Å²) in [6, 6.07) is 1.30. The Balaban J connectivity index is 1.59. The van der Waals surface area contributed by atoms with Crippen molar-refractivity contribution in [2.24, 2.45) is 0 Å². The van der Waals surface area contributed by atoms with Crippen molar-refractivity contribution in [3.05, 3.63) is 22.7 Å². The first kappa shape index (κ1) is 30.2. The second kappa shape index (κ2) is 11.8. The van der Waals surface area contributed by atoms with Crippen molar-refractivity contribution >= 4 is 21.5 Å². The molecule has 0 aromatic carbocycles. The van der Waals surface area contributed by atoms with Gasteiger partial charge in [-0.2, -0.15) is 9.29 Å². The number of phosphoric ester groups is 2. The molecule has 21 heteroatoms. The normalized spacial score (nSPS) is 36.5. The first-order chi connectivity index (χ1) is 17.1. The van der Waals surface area contributed by atoms with E-state index in [2.05, 4.69) is 18.3 Å². The van der Waals surface area contributed by atoms with Crippen LogP contribution in [0.25, 0.3) is 0 Å². The molecule has 2 fully saturated rings. The summed E-state index contributed by atoms with van der Waals surface area (Å²) in [7, 11) is -11.0. The molecule has 19 nitrogen and oxygen atoms in total. The molecule has 11 atom stereocenters. The maximum Gasteiger partial charge on any atom is 0.483 e. The lowest BCUT2D eigenvalue weighted by Gasteiger charge is -2.41. The number of nitrogens with two attached hydrogens (primary N) is 1. The molecular weight excluding hydrogens is 552 g/mol. The number of ether oxygens (including phenoxy) is 2. The van der Waals surface area contributed by atoms with Crippen LogP contribution in [-0.2, 0) is 32.0 Å². The summed E-state index contributed by atoms with van der Waals surface area (Å²) in [5.74, 6) is -0.0503. The molecule has 10 N–H and O–H groups in total. The van der Waals surface area contributed by atoms with Gasteiger partial charge in [0.05, 0.1) is 19.3 Å². The van der Waals surface area contributed by atoms with Crippen LogP contribution in [0, 0.1) is 0 Å². The number of anilines is 1. The Kier molecular flexibility index (Phi) is 9.61. The molecule has 0 aliphatic carbocycles. The molecule has 3 heterocycles. The summed E-state index contributed by atoms with van der Waals surface area (Å²) >= 11 is 0. The number of phosphoric acid groups is 2. The van der Waals surface area contributed by atoms with E-state index in [1.807, 2.05) is 0 Å². The summed E-state index contributed by atoms with van der Waals surface area (Å²) in [5, 5.41) is 58.5. The summed E-state index contributed by atoms with van der Waals surface area (Å²) < 4.78 is 49.0. The van der Waals surface area contributed by atoms with Crippen LogP contribution in [0.2, 0.25) is 0 Å². The minimum absolute atomic E-state index is 0.0503. The Morgan fingerprint density at radius 2 is 1.81 bits per heavy atom. The largest absolute Gasteiger partial charge is 0.483 e. The monoisotopic (exact) mass is 579 g/mol. The van der Waals surface area contributed by atoms with Crippen LogP contribution in [-0.4, -0.2) is 112 Å². The number of aromatic nitrogens is 2. The molecule has 0 saturated carbocycles. The van der Waals surface area contributed by atoms with E-state index in [4.69, 9.17) is 20.3 Å². The summed E-state index contributed by atoms with van der Waals surface area (Å²) in [6.45, 7) is -1.83. The molecule has 7 unspecified atom stereocenters. The standard InChI is InChI=1S/C16H27N3O16P2/c17-9-1-2-19(16(26)18-9)10-3-6(21)8(32-10)5-31-36(27,28)35-37(29,30)34-15-13(25)11(23)12(24)14(33-15)7(22)4-20/h1-2,6-8,10-15,20-25H,3-5H2,(H,27,28)(H,29,30)(H2,17,18,26)/t6-,7-,8+,10+,11?,12?,13?,14?,15?/m0/s1. The van der Waals surface area contributed by atoms with Crippen molar-refractivity contribution in [1.82, 2.24) is 9.55 Å². The minimum Gasteiger partial charge on any atom is -0.394 e. The highest BCUT2D eigenvalue weighted by molar-refractivity contribution is 7.61. The number of hydrogen-bond donors (Lipinski definition) is 9. The van der Waals surface area contributed by atoms with Gasteiger partial charge in [-0.3, -0.25) is 13.6 Å². The lowest BCUT2D eigenvalue weighted by atomic mass is 9.96.